The monoisotopic (exact) mass is 333 g/mol. The minimum Gasteiger partial charge on any atom is -0.375 e. The molecule has 3 heteroatoms. The van der Waals surface area contributed by atoms with Crippen molar-refractivity contribution >= 4 is 16.7 Å². The summed E-state index contributed by atoms with van der Waals surface area (Å²) in [6, 6.07) is 22.3. The molecule has 0 aromatic heterocycles. The zero-order chi connectivity index (χ0) is 17.6. The van der Waals surface area contributed by atoms with Crippen molar-refractivity contribution in [2.45, 2.75) is 19.4 Å². The van der Waals surface area contributed by atoms with Crippen molar-refractivity contribution < 1.29 is 9.53 Å². The summed E-state index contributed by atoms with van der Waals surface area (Å²) in [5.41, 5.74) is 3.31. The molecule has 1 atom stereocenters. The van der Waals surface area contributed by atoms with Crippen LogP contribution < -0.4 is 5.32 Å². The average molecular weight is 333 g/mol. The number of benzene rings is 3. The summed E-state index contributed by atoms with van der Waals surface area (Å²) in [5, 5.41) is 5.29. The van der Waals surface area contributed by atoms with E-state index < -0.39 is 0 Å². The summed E-state index contributed by atoms with van der Waals surface area (Å²) in [6.07, 6.45) is 0.226. The maximum atomic E-state index is 12.4. The predicted molar refractivity (Wildman–Crippen MR) is 102 cm³/mol. The number of aryl methyl sites for hydroxylation is 1. The topological polar surface area (TPSA) is 38.3 Å². The van der Waals surface area contributed by atoms with Gasteiger partial charge in [0.25, 0.3) is 0 Å². The van der Waals surface area contributed by atoms with E-state index in [0.29, 0.717) is 13.0 Å². The van der Waals surface area contributed by atoms with Crippen molar-refractivity contribution in [1.29, 1.82) is 0 Å². The molecule has 0 saturated carbocycles. The van der Waals surface area contributed by atoms with Crippen molar-refractivity contribution in [3.8, 4) is 0 Å². The number of carbonyl (C=O) groups excluding carboxylic acids is 1. The molecule has 25 heavy (non-hydrogen) atoms. The quantitative estimate of drug-likeness (QED) is 0.734. The van der Waals surface area contributed by atoms with E-state index in [1.54, 1.807) is 7.11 Å². The molecule has 0 heterocycles. The number of methoxy groups -OCH3 is 1. The third kappa shape index (κ3) is 4.06. The number of hydrogen-bond acceptors (Lipinski definition) is 2. The van der Waals surface area contributed by atoms with Gasteiger partial charge in [-0.25, -0.2) is 0 Å². The molecule has 0 unspecified atom stereocenters. The van der Waals surface area contributed by atoms with Gasteiger partial charge < -0.3 is 10.1 Å². The number of ether oxygens (including phenoxy) is 1. The molecular weight excluding hydrogens is 310 g/mol. The summed E-state index contributed by atoms with van der Waals surface area (Å²) in [6.45, 7) is 2.52. The normalized spacial score (nSPS) is 12.1. The summed E-state index contributed by atoms with van der Waals surface area (Å²) in [7, 11) is 1.67. The minimum absolute atomic E-state index is 0.00647. The molecule has 3 rings (SSSR count). The lowest BCUT2D eigenvalue weighted by Crippen LogP contribution is -2.30. The molecule has 3 aromatic carbocycles. The lowest BCUT2D eigenvalue weighted by atomic mass is 10.0. The van der Waals surface area contributed by atoms with Gasteiger partial charge in [-0.1, -0.05) is 66.7 Å². The van der Waals surface area contributed by atoms with Crippen LogP contribution in [0.4, 0.5) is 0 Å². The van der Waals surface area contributed by atoms with Gasteiger partial charge in [0, 0.05) is 13.7 Å². The highest BCUT2D eigenvalue weighted by Gasteiger charge is 2.14. The maximum absolute atomic E-state index is 12.4. The number of carbonyl (C=O) groups is 1. The van der Waals surface area contributed by atoms with Gasteiger partial charge in [0.2, 0.25) is 5.91 Å². The van der Waals surface area contributed by atoms with Gasteiger partial charge in [0.15, 0.2) is 0 Å². The van der Waals surface area contributed by atoms with Gasteiger partial charge in [-0.15, -0.1) is 0 Å². The lowest BCUT2D eigenvalue weighted by molar-refractivity contribution is -0.121. The summed E-state index contributed by atoms with van der Waals surface area (Å²) >= 11 is 0. The summed E-state index contributed by atoms with van der Waals surface area (Å²) in [4.78, 5) is 12.4. The van der Waals surface area contributed by atoms with Crippen molar-refractivity contribution in [2.75, 3.05) is 13.7 Å². The smallest absolute Gasteiger partial charge is 0.224 e. The van der Waals surface area contributed by atoms with Gasteiger partial charge >= 0.3 is 0 Å². The fourth-order valence-corrected chi connectivity index (χ4v) is 3.16. The van der Waals surface area contributed by atoms with Crippen LogP contribution >= 0.6 is 0 Å². The molecule has 0 fully saturated rings. The number of hydrogen-bond donors (Lipinski definition) is 1. The third-order valence-electron chi connectivity index (χ3n) is 4.54. The Balaban J connectivity index is 1.67. The summed E-state index contributed by atoms with van der Waals surface area (Å²) in [5.74, 6) is 0.00647. The zero-order valence-corrected chi connectivity index (χ0v) is 14.7. The Morgan fingerprint density at radius 2 is 1.72 bits per heavy atom. The van der Waals surface area contributed by atoms with E-state index in [2.05, 4.69) is 36.5 Å². The van der Waals surface area contributed by atoms with E-state index in [9.17, 15) is 4.79 Å². The fraction of sp³-hybridized carbons (Fsp3) is 0.227. The fourth-order valence-electron chi connectivity index (χ4n) is 3.16. The molecule has 0 aliphatic rings. The zero-order valence-electron chi connectivity index (χ0n) is 14.7. The SMILES string of the molecule is CO[C@H](CNC(=O)Cc1cccc2ccccc12)c1ccccc1C. The first-order valence-corrected chi connectivity index (χ1v) is 8.50. The molecule has 0 aliphatic carbocycles. The van der Waals surface area contributed by atoms with E-state index in [-0.39, 0.29) is 12.0 Å². The largest absolute Gasteiger partial charge is 0.375 e. The van der Waals surface area contributed by atoms with Crippen LogP contribution in [-0.2, 0) is 16.0 Å². The first-order chi connectivity index (χ1) is 12.2. The van der Waals surface area contributed by atoms with E-state index in [1.165, 1.54) is 0 Å². The van der Waals surface area contributed by atoms with Crippen LogP contribution in [0.5, 0.6) is 0 Å². The maximum Gasteiger partial charge on any atom is 0.224 e. The number of nitrogens with one attached hydrogen (secondary N) is 1. The van der Waals surface area contributed by atoms with Gasteiger partial charge in [-0.05, 0) is 34.4 Å². The Labute approximate surface area is 148 Å². The Morgan fingerprint density at radius 3 is 2.52 bits per heavy atom. The highest BCUT2D eigenvalue weighted by molar-refractivity contribution is 5.90. The molecule has 0 spiro atoms. The Morgan fingerprint density at radius 1 is 1.00 bits per heavy atom. The van der Waals surface area contributed by atoms with Gasteiger partial charge in [0.1, 0.15) is 0 Å². The number of amides is 1. The van der Waals surface area contributed by atoms with E-state index in [4.69, 9.17) is 4.74 Å². The Kier molecular flexibility index (Phi) is 5.46. The Hall–Kier alpha value is -2.65. The van der Waals surface area contributed by atoms with Gasteiger partial charge in [-0.3, -0.25) is 4.79 Å². The highest BCUT2D eigenvalue weighted by atomic mass is 16.5. The molecule has 3 nitrogen and oxygen atoms in total. The number of rotatable bonds is 6. The van der Waals surface area contributed by atoms with Crippen LogP contribution in [0.25, 0.3) is 10.8 Å². The van der Waals surface area contributed by atoms with Crippen molar-refractivity contribution in [1.82, 2.24) is 5.32 Å². The molecule has 0 aliphatic heterocycles. The molecule has 3 aromatic rings. The molecule has 1 N–H and O–H groups in total. The number of fused-ring (bicyclic) bond motifs is 1. The second-order valence-electron chi connectivity index (χ2n) is 6.20. The van der Waals surface area contributed by atoms with E-state index in [0.717, 1.165) is 27.5 Å². The highest BCUT2D eigenvalue weighted by Crippen LogP contribution is 2.21. The summed E-state index contributed by atoms with van der Waals surface area (Å²) < 4.78 is 5.57. The minimum atomic E-state index is -0.141. The van der Waals surface area contributed by atoms with Crippen molar-refractivity contribution in [2.24, 2.45) is 0 Å². The van der Waals surface area contributed by atoms with Crippen LogP contribution in [-0.4, -0.2) is 19.6 Å². The van der Waals surface area contributed by atoms with Crippen molar-refractivity contribution in [3.63, 3.8) is 0 Å². The van der Waals surface area contributed by atoms with Crippen LogP contribution in [0.15, 0.2) is 66.7 Å². The standard InChI is InChI=1S/C22H23NO2/c1-16-8-3-5-12-19(16)21(25-2)15-23-22(24)14-18-11-7-10-17-9-4-6-13-20(17)18/h3-13,21H,14-15H2,1-2H3,(H,23,24)/t21-/m1/s1. The molecule has 0 bridgehead atoms. The van der Waals surface area contributed by atoms with E-state index >= 15 is 0 Å². The molecule has 0 radical (unpaired) electrons. The van der Waals surface area contributed by atoms with Crippen LogP contribution in [0.3, 0.4) is 0 Å². The van der Waals surface area contributed by atoms with Gasteiger partial charge in [0.05, 0.1) is 12.5 Å². The predicted octanol–water partition coefficient (Wildman–Crippen LogP) is 4.19. The average Bonchev–Trinajstić information content (AvgIpc) is 2.64. The third-order valence-corrected chi connectivity index (χ3v) is 4.54. The molecule has 0 saturated heterocycles. The van der Waals surface area contributed by atoms with Crippen LogP contribution in [0.2, 0.25) is 0 Å². The molecular formula is C22H23NO2. The first kappa shape index (κ1) is 17.2. The molecule has 128 valence electrons. The second kappa shape index (κ2) is 7.95. The van der Waals surface area contributed by atoms with Crippen LogP contribution in [0, 0.1) is 6.92 Å². The Bertz CT molecular complexity index is 867. The second-order valence-corrected chi connectivity index (χ2v) is 6.20. The first-order valence-electron chi connectivity index (χ1n) is 8.50. The lowest BCUT2D eigenvalue weighted by Gasteiger charge is -2.18. The van der Waals surface area contributed by atoms with Crippen LogP contribution in [0.1, 0.15) is 22.8 Å². The van der Waals surface area contributed by atoms with Gasteiger partial charge in [-0.2, -0.15) is 0 Å². The van der Waals surface area contributed by atoms with Crippen molar-refractivity contribution in [3.05, 3.63) is 83.4 Å². The van der Waals surface area contributed by atoms with E-state index in [1.807, 2.05) is 42.5 Å². The molecule has 1 amide bonds.